The van der Waals surface area contributed by atoms with Crippen LogP contribution >= 0.6 is 11.3 Å². The van der Waals surface area contributed by atoms with Gasteiger partial charge in [0.25, 0.3) is 0 Å². The fourth-order valence-electron chi connectivity index (χ4n) is 2.84. The monoisotopic (exact) mass is 303 g/mol. The van der Waals surface area contributed by atoms with E-state index in [9.17, 15) is 0 Å². The van der Waals surface area contributed by atoms with E-state index in [-0.39, 0.29) is 0 Å². The average Bonchev–Trinajstić information content (AvgIpc) is 3.10. The molecule has 0 aromatic carbocycles. The van der Waals surface area contributed by atoms with Crippen LogP contribution in [0.1, 0.15) is 35.3 Å². The quantitative estimate of drug-likeness (QED) is 0.848. The highest BCUT2D eigenvalue weighted by molar-refractivity contribution is 7.09. The molecular weight excluding hydrogens is 282 g/mol. The molecule has 0 N–H and O–H groups in total. The fraction of sp³-hybridized carbons (Fsp3) is 0.533. The normalized spacial score (nSPS) is 19.5. The van der Waals surface area contributed by atoms with Crippen LogP contribution in [0, 0.1) is 0 Å². The van der Waals surface area contributed by atoms with E-state index in [0.717, 1.165) is 37.4 Å². The van der Waals surface area contributed by atoms with Crippen molar-refractivity contribution in [1.29, 1.82) is 0 Å². The lowest BCUT2D eigenvalue weighted by molar-refractivity contribution is 0.243. The van der Waals surface area contributed by atoms with Gasteiger partial charge in [0, 0.05) is 30.5 Å². The summed E-state index contributed by atoms with van der Waals surface area (Å²) in [6, 6.07) is 0.378. The van der Waals surface area contributed by atoms with Gasteiger partial charge >= 0.3 is 0 Å². The molecule has 1 saturated heterocycles. The second-order valence-electron chi connectivity index (χ2n) is 5.73. The molecule has 3 heterocycles. The first-order valence-corrected chi connectivity index (χ1v) is 8.18. The van der Waals surface area contributed by atoms with Gasteiger partial charge in [-0.25, -0.2) is 4.98 Å². The highest BCUT2D eigenvalue weighted by atomic mass is 32.1. The van der Waals surface area contributed by atoms with Crippen molar-refractivity contribution in [2.45, 2.75) is 32.0 Å². The first kappa shape index (κ1) is 14.6. The standard InChI is InChI=1S/C15H21N5S/c1-19(2)10-12-8-16-9-13(18-12)14-4-3-6-20(14)11-15-17-5-7-21-15/h5,7-9,14H,3-4,6,10-11H2,1-2H3/t14-/m0/s1. The van der Waals surface area contributed by atoms with Crippen LogP contribution in [0.3, 0.4) is 0 Å². The number of nitrogens with zero attached hydrogens (tertiary/aromatic N) is 5. The van der Waals surface area contributed by atoms with E-state index in [2.05, 4.69) is 33.9 Å². The summed E-state index contributed by atoms with van der Waals surface area (Å²) in [6.45, 7) is 2.87. The molecule has 0 aliphatic carbocycles. The SMILES string of the molecule is CN(C)Cc1cncc([C@@H]2CCCN2Cc2nccs2)n1. The molecule has 1 fully saturated rings. The molecule has 0 amide bonds. The molecule has 6 heteroatoms. The third-order valence-corrected chi connectivity index (χ3v) is 4.47. The van der Waals surface area contributed by atoms with Crippen molar-refractivity contribution < 1.29 is 0 Å². The third kappa shape index (κ3) is 3.64. The minimum atomic E-state index is 0.378. The van der Waals surface area contributed by atoms with Crippen LogP contribution in [0.25, 0.3) is 0 Å². The molecule has 5 nitrogen and oxygen atoms in total. The van der Waals surface area contributed by atoms with E-state index in [1.54, 1.807) is 11.3 Å². The number of thiazole rings is 1. The van der Waals surface area contributed by atoms with Crippen molar-refractivity contribution >= 4 is 11.3 Å². The Morgan fingerprint density at radius 1 is 1.38 bits per heavy atom. The molecule has 0 bridgehead atoms. The van der Waals surface area contributed by atoms with Crippen LogP contribution in [0.4, 0.5) is 0 Å². The van der Waals surface area contributed by atoms with Crippen LogP contribution in [0.2, 0.25) is 0 Å². The maximum atomic E-state index is 4.81. The van der Waals surface area contributed by atoms with Crippen molar-refractivity contribution in [1.82, 2.24) is 24.8 Å². The Hall–Kier alpha value is -1.37. The zero-order valence-electron chi connectivity index (χ0n) is 12.6. The number of likely N-dealkylation sites (tertiary alicyclic amines) is 1. The molecule has 21 heavy (non-hydrogen) atoms. The Morgan fingerprint density at radius 2 is 2.29 bits per heavy atom. The lowest BCUT2D eigenvalue weighted by Gasteiger charge is -2.23. The van der Waals surface area contributed by atoms with Gasteiger partial charge in [-0.05, 0) is 33.5 Å². The smallest absolute Gasteiger partial charge is 0.107 e. The van der Waals surface area contributed by atoms with Crippen molar-refractivity contribution in [3.05, 3.63) is 40.4 Å². The Bertz CT molecular complexity index is 569. The number of aromatic nitrogens is 3. The van der Waals surface area contributed by atoms with Gasteiger partial charge in [-0.1, -0.05) is 0 Å². The Morgan fingerprint density at radius 3 is 3.05 bits per heavy atom. The largest absolute Gasteiger partial charge is 0.304 e. The molecule has 1 aliphatic rings. The first-order valence-electron chi connectivity index (χ1n) is 7.30. The summed E-state index contributed by atoms with van der Waals surface area (Å²) < 4.78 is 0. The van der Waals surface area contributed by atoms with Crippen LogP contribution < -0.4 is 0 Å². The molecule has 0 radical (unpaired) electrons. The molecule has 0 unspecified atom stereocenters. The number of rotatable bonds is 5. The van der Waals surface area contributed by atoms with E-state index in [4.69, 9.17) is 4.98 Å². The van der Waals surface area contributed by atoms with E-state index in [1.165, 1.54) is 11.4 Å². The topological polar surface area (TPSA) is 45.2 Å². The van der Waals surface area contributed by atoms with Gasteiger partial charge in [0.2, 0.25) is 0 Å². The summed E-state index contributed by atoms with van der Waals surface area (Å²) in [7, 11) is 4.11. The van der Waals surface area contributed by atoms with Crippen molar-refractivity contribution in [3.63, 3.8) is 0 Å². The summed E-state index contributed by atoms with van der Waals surface area (Å²) in [5.74, 6) is 0. The molecule has 1 aliphatic heterocycles. The number of hydrogen-bond donors (Lipinski definition) is 0. The zero-order valence-corrected chi connectivity index (χ0v) is 13.4. The molecule has 112 valence electrons. The van der Waals surface area contributed by atoms with Gasteiger partial charge in [-0.2, -0.15) is 0 Å². The maximum absolute atomic E-state index is 4.81. The van der Waals surface area contributed by atoms with Crippen LogP contribution in [0.15, 0.2) is 24.0 Å². The molecule has 3 rings (SSSR count). The maximum Gasteiger partial charge on any atom is 0.107 e. The minimum absolute atomic E-state index is 0.378. The fourth-order valence-corrected chi connectivity index (χ4v) is 3.48. The van der Waals surface area contributed by atoms with E-state index >= 15 is 0 Å². The van der Waals surface area contributed by atoms with Gasteiger partial charge in [-0.15, -0.1) is 11.3 Å². The van der Waals surface area contributed by atoms with Crippen LogP contribution in [-0.2, 0) is 13.1 Å². The third-order valence-electron chi connectivity index (χ3n) is 3.71. The predicted molar refractivity (Wildman–Crippen MR) is 83.9 cm³/mol. The van der Waals surface area contributed by atoms with Gasteiger partial charge in [0.1, 0.15) is 5.01 Å². The number of hydrogen-bond acceptors (Lipinski definition) is 6. The van der Waals surface area contributed by atoms with E-state index in [0.29, 0.717) is 6.04 Å². The highest BCUT2D eigenvalue weighted by Crippen LogP contribution is 2.32. The zero-order chi connectivity index (χ0) is 14.7. The van der Waals surface area contributed by atoms with Crippen molar-refractivity contribution in [3.8, 4) is 0 Å². The summed E-state index contributed by atoms with van der Waals surface area (Å²) in [6.07, 6.45) is 8.04. The van der Waals surface area contributed by atoms with E-state index < -0.39 is 0 Å². The summed E-state index contributed by atoms with van der Waals surface area (Å²) >= 11 is 1.72. The van der Waals surface area contributed by atoms with Crippen LogP contribution in [-0.4, -0.2) is 45.4 Å². The van der Waals surface area contributed by atoms with E-state index in [1.807, 2.05) is 24.0 Å². The van der Waals surface area contributed by atoms with Gasteiger partial charge < -0.3 is 4.90 Å². The van der Waals surface area contributed by atoms with Gasteiger partial charge in [0.15, 0.2) is 0 Å². The second-order valence-corrected chi connectivity index (χ2v) is 6.71. The van der Waals surface area contributed by atoms with Crippen LogP contribution in [0.5, 0.6) is 0 Å². The molecular formula is C15H21N5S. The summed E-state index contributed by atoms with van der Waals surface area (Å²) in [5.41, 5.74) is 2.14. The lowest BCUT2D eigenvalue weighted by atomic mass is 10.1. The highest BCUT2D eigenvalue weighted by Gasteiger charge is 2.28. The Balaban J connectivity index is 1.75. The van der Waals surface area contributed by atoms with Gasteiger partial charge in [0.05, 0.1) is 24.0 Å². The van der Waals surface area contributed by atoms with Gasteiger partial charge in [-0.3, -0.25) is 14.9 Å². The predicted octanol–water partition coefficient (Wildman–Crippen LogP) is 2.33. The lowest BCUT2D eigenvalue weighted by Crippen LogP contribution is -2.24. The Labute approximate surface area is 129 Å². The van der Waals surface area contributed by atoms with Crippen molar-refractivity contribution in [2.75, 3.05) is 20.6 Å². The van der Waals surface area contributed by atoms with Crippen molar-refractivity contribution in [2.24, 2.45) is 0 Å². The summed E-state index contributed by atoms with van der Waals surface area (Å²) in [4.78, 5) is 18.2. The average molecular weight is 303 g/mol. The molecule has 1 atom stereocenters. The summed E-state index contributed by atoms with van der Waals surface area (Å²) in [5, 5.41) is 3.22. The molecule has 0 saturated carbocycles. The minimum Gasteiger partial charge on any atom is -0.304 e. The molecule has 2 aromatic heterocycles. The second kappa shape index (κ2) is 6.60. The first-order chi connectivity index (χ1) is 10.2. The molecule has 2 aromatic rings. The Kier molecular flexibility index (Phi) is 4.57. The molecule has 0 spiro atoms.